The molecule has 1 amide bonds. The maximum Gasteiger partial charge on any atom is 0.337 e. The van der Waals surface area contributed by atoms with Crippen LogP contribution in [0, 0.1) is 0 Å². The molecule has 2 rings (SSSR count). The Morgan fingerprint density at radius 2 is 1.59 bits per heavy atom. The summed E-state index contributed by atoms with van der Waals surface area (Å²) in [5.41, 5.74) is 0.279. The minimum atomic E-state index is -3.54. The number of hydrogen-bond donors (Lipinski definition) is 1. The summed E-state index contributed by atoms with van der Waals surface area (Å²) >= 11 is 0. The zero-order valence-electron chi connectivity index (χ0n) is 15.4. The van der Waals surface area contributed by atoms with Gasteiger partial charge in [-0.25, -0.2) is 18.0 Å². The Bertz CT molecular complexity index is 817. The monoisotopic (exact) mass is 398 g/mol. The van der Waals surface area contributed by atoms with Crippen molar-refractivity contribution in [1.82, 2.24) is 4.31 Å². The molecule has 0 bridgehead atoms. The van der Waals surface area contributed by atoms with Gasteiger partial charge in [0.1, 0.15) is 6.04 Å². The third kappa shape index (κ3) is 5.04. The zero-order valence-corrected chi connectivity index (χ0v) is 16.2. The van der Waals surface area contributed by atoms with Crippen LogP contribution in [0.5, 0.6) is 0 Å². The van der Waals surface area contributed by atoms with E-state index in [-0.39, 0.29) is 23.4 Å². The minimum Gasteiger partial charge on any atom is -0.465 e. The Balaban J connectivity index is 2.33. The predicted molar refractivity (Wildman–Crippen MR) is 96.9 cm³/mol. The molecule has 0 spiro atoms. The van der Waals surface area contributed by atoms with Gasteiger partial charge in [-0.1, -0.05) is 6.42 Å². The molecule has 1 atom stereocenters. The highest BCUT2D eigenvalue weighted by atomic mass is 32.2. The van der Waals surface area contributed by atoms with E-state index in [0.29, 0.717) is 12.8 Å². The predicted octanol–water partition coefficient (Wildman–Crippen LogP) is 1.01. The summed E-state index contributed by atoms with van der Waals surface area (Å²) in [6, 6.07) is 3.14. The highest BCUT2D eigenvalue weighted by Gasteiger charge is 2.34. The second kappa shape index (κ2) is 8.49. The molecule has 27 heavy (non-hydrogen) atoms. The number of ether oxygens (including phenoxy) is 2. The molecule has 1 aromatic rings. The van der Waals surface area contributed by atoms with Crippen LogP contribution in [-0.2, 0) is 24.3 Å². The number of carbonyl (C=O) groups is 3. The number of amides is 1. The highest BCUT2D eigenvalue weighted by molar-refractivity contribution is 7.88. The Morgan fingerprint density at radius 3 is 2.07 bits per heavy atom. The molecule has 1 fully saturated rings. The molecule has 1 unspecified atom stereocenters. The average molecular weight is 398 g/mol. The summed E-state index contributed by atoms with van der Waals surface area (Å²) in [6.07, 6.45) is 2.85. The van der Waals surface area contributed by atoms with Crippen LogP contribution in [0.2, 0.25) is 0 Å². The molecule has 1 N–H and O–H groups in total. The van der Waals surface area contributed by atoms with Crippen molar-refractivity contribution in [1.29, 1.82) is 0 Å². The van der Waals surface area contributed by atoms with E-state index in [0.717, 1.165) is 17.0 Å². The van der Waals surface area contributed by atoms with Crippen molar-refractivity contribution in [3.63, 3.8) is 0 Å². The Hall–Kier alpha value is -2.46. The topological polar surface area (TPSA) is 119 Å². The van der Waals surface area contributed by atoms with Gasteiger partial charge in [-0.05, 0) is 31.0 Å². The van der Waals surface area contributed by atoms with Crippen molar-refractivity contribution in [3.05, 3.63) is 29.3 Å². The van der Waals surface area contributed by atoms with Crippen molar-refractivity contribution in [2.75, 3.05) is 32.3 Å². The van der Waals surface area contributed by atoms with Crippen LogP contribution in [0.3, 0.4) is 0 Å². The van der Waals surface area contributed by atoms with Crippen molar-refractivity contribution in [2.24, 2.45) is 0 Å². The summed E-state index contributed by atoms with van der Waals surface area (Å²) in [7, 11) is -1.16. The maximum absolute atomic E-state index is 12.7. The number of methoxy groups -OCH3 is 2. The first-order valence-electron chi connectivity index (χ1n) is 8.26. The largest absolute Gasteiger partial charge is 0.465 e. The molecule has 10 heteroatoms. The number of nitrogens with zero attached hydrogens (tertiary/aromatic N) is 1. The molecule has 0 aromatic heterocycles. The molecule has 0 radical (unpaired) electrons. The third-order valence-corrected chi connectivity index (χ3v) is 5.51. The van der Waals surface area contributed by atoms with Gasteiger partial charge in [-0.3, -0.25) is 4.79 Å². The quantitative estimate of drug-likeness (QED) is 0.735. The first kappa shape index (κ1) is 20.8. The van der Waals surface area contributed by atoms with Crippen molar-refractivity contribution in [3.8, 4) is 0 Å². The second-order valence-electron chi connectivity index (χ2n) is 6.16. The smallest absolute Gasteiger partial charge is 0.337 e. The van der Waals surface area contributed by atoms with Crippen LogP contribution in [0.4, 0.5) is 5.69 Å². The fourth-order valence-electron chi connectivity index (χ4n) is 2.96. The number of esters is 2. The lowest BCUT2D eigenvalue weighted by molar-refractivity contribution is -0.120. The molecule has 1 aliphatic rings. The summed E-state index contributed by atoms with van der Waals surface area (Å²) < 4.78 is 34.4. The van der Waals surface area contributed by atoms with E-state index in [1.165, 1.54) is 32.4 Å². The van der Waals surface area contributed by atoms with Gasteiger partial charge < -0.3 is 14.8 Å². The molecule has 1 saturated heterocycles. The normalized spacial score (nSPS) is 17.8. The molecule has 148 valence electrons. The lowest BCUT2D eigenvalue weighted by atomic mass is 10.0. The van der Waals surface area contributed by atoms with Crippen molar-refractivity contribution >= 4 is 33.6 Å². The van der Waals surface area contributed by atoms with E-state index >= 15 is 0 Å². The SMILES string of the molecule is COC(=O)c1cc(NC(=O)C2CCCCN2S(C)(=O)=O)cc(C(=O)OC)c1. The number of rotatable bonds is 5. The van der Waals surface area contributed by atoms with E-state index in [1.807, 2.05) is 0 Å². The van der Waals surface area contributed by atoms with Crippen molar-refractivity contribution < 1.29 is 32.3 Å². The maximum atomic E-state index is 12.7. The third-order valence-electron chi connectivity index (χ3n) is 4.23. The summed E-state index contributed by atoms with van der Waals surface area (Å²) in [5, 5.41) is 2.59. The summed E-state index contributed by atoms with van der Waals surface area (Å²) in [5.74, 6) is -1.91. The lowest BCUT2D eigenvalue weighted by Crippen LogP contribution is -2.49. The van der Waals surface area contributed by atoms with Crippen LogP contribution < -0.4 is 5.32 Å². The molecule has 1 aliphatic heterocycles. The fraction of sp³-hybridized carbons (Fsp3) is 0.471. The number of nitrogens with one attached hydrogen (secondary N) is 1. The Labute approximate surface area is 157 Å². The van der Waals surface area contributed by atoms with Gasteiger partial charge in [0.25, 0.3) is 0 Å². The average Bonchev–Trinajstić information content (AvgIpc) is 2.65. The fourth-order valence-corrected chi connectivity index (χ4v) is 4.08. The second-order valence-corrected chi connectivity index (χ2v) is 8.09. The standard InChI is InChI=1S/C17H22N2O7S/c1-25-16(21)11-8-12(17(22)26-2)10-13(9-11)18-15(20)14-6-4-5-7-19(14)27(3,23)24/h8-10,14H,4-7H2,1-3H3,(H,18,20). The van der Waals surface area contributed by atoms with E-state index in [9.17, 15) is 22.8 Å². The van der Waals surface area contributed by atoms with Gasteiger partial charge in [-0.15, -0.1) is 0 Å². The number of sulfonamides is 1. The van der Waals surface area contributed by atoms with Crippen LogP contribution >= 0.6 is 0 Å². The van der Waals surface area contributed by atoms with Gasteiger partial charge in [0.2, 0.25) is 15.9 Å². The summed E-state index contributed by atoms with van der Waals surface area (Å²) in [4.78, 5) is 36.3. The van der Waals surface area contributed by atoms with Gasteiger partial charge >= 0.3 is 11.9 Å². The van der Waals surface area contributed by atoms with Crippen LogP contribution in [0.1, 0.15) is 40.0 Å². The van der Waals surface area contributed by atoms with Gasteiger partial charge in [0.05, 0.1) is 31.6 Å². The Kier molecular flexibility index (Phi) is 6.55. The highest BCUT2D eigenvalue weighted by Crippen LogP contribution is 2.23. The molecule has 1 aromatic carbocycles. The van der Waals surface area contributed by atoms with E-state index in [4.69, 9.17) is 0 Å². The van der Waals surface area contributed by atoms with E-state index in [1.54, 1.807) is 0 Å². The molecular weight excluding hydrogens is 376 g/mol. The van der Waals surface area contributed by atoms with E-state index < -0.39 is 33.9 Å². The van der Waals surface area contributed by atoms with Crippen LogP contribution in [0.25, 0.3) is 0 Å². The lowest BCUT2D eigenvalue weighted by Gasteiger charge is -2.32. The first-order valence-corrected chi connectivity index (χ1v) is 10.1. The number of carbonyl (C=O) groups excluding carboxylic acids is 3. The molecule has 1 heterocycles. The zero-order chi connectivity index (χ0) is 20.2. The summed E-state index contributed by atoms with van der Waals surface area (Å²) in [6.45, 7) is 0.270. The molecule has 0 saturated carbocycles. The number of anilines is 1. The minimum absolute atomic E-state index is 0.0549. The van der Waals surface area contributed by atoms with Crippen LogP contribution in [-0.4, -0.2) is 63.6 Å². The molecule has 9 nitrogen and oxygen atoms in total. The van der Waals surface area contributed by atoms with Gasteiger partial charge in [0, 0.05) is 12.2 Å². The van der Waals surface area contributed by atoms with E-state index in [2.05, 4.69) is 14.8 Å². The van der Waals surface area contributed by atoms with Crippen LogP contribution in [0.15, 0.2) is 18.2 Å². The molecular formula is C17H22N2O7S. The van der Waals surface area contributed by atoms with Crippen molar-refractivity contribution in [2.45, 2.75) is 25.3 Å². The number of piperidine rings is 1. The van der Waals surface area contributed by atoms with Gasteiger partial charge in [0.15, 0.2) is 0 Å². The number of benzene rings is 1. The van der Waals surface area contributed by atoms with Gasteiger partial charge in [-0.2, -0.15) is 4.31 Å². The first-order chi connectivity index (χ1) is 12.7. The number of hydrogen-bond acceptors (Lipinski definition) is 7. The Morgan fingerprint density at radius 1 is 1.04 bits per heavy atom. The molecule has 0 aliphatic carbocycles.